The van der Waals surface area contributed by atoms with Crippen LogP contribution in [0, 0.1) is 0 Å². The summed E-state index contributed by atoms with van der Waals surface area (Å²) in [4.78, 5) is 8.47. The van der Waals surface area contributed by atoms with Crippen LogP contribution in [0.25, 0.3) is 0 Å². The van der Waals surface area contributed by atoms with Crippen LogP contribution in [0.3, 0.4) is 0 Å². The molecule has 1 aliphatic heterocycles. The Hall–Kier alpha value is -0.520. The van der Waals surface area contributed by atoms with E-state index in [9.17, 15) is 0 Å². The Morgan fingerprint density at radius 1 is 1.53 bits per heavy atom. The minimum atomic E-state index is 0.489. The van der Waals surface area contributed by atoms with Crippen LogP contribution in [0.5, 0.6) is 0 Å². The van der Waals surface area contributed by atoms with E-state index in [0.29, 0.717) is 16.4 Å². The van der Waals surface area contributed by atoms with Crippen molar-refractivity contribution in [3.63, 3.8) is 0 Å². The van der Waals surface area contributed by atoms with Crippen LogP contribution in [0.15, 0.2) is 11.2 Å². The van der Waals surface area contributed by atoms with Crippen LogP contribution in [0.1, 0.15) is 19.3 Å². The third kappa shape index (κ3) is 4.01. The van der Waals surface area contributed by atoms with Gasteiger partial charge < -0.3 is 10.6 Å². The molecule has 2 heterocycles. The van der Waals surface area contributed by atoms with Crippen molar-refractivity contribution in [3.05, 3.63) is 11.2 Å². The second-order valence-electron chi connectivity index (χ2n) is 4.09. The molecule has 2 rings (SSSR count). The Balaban J connectivity index is 1.91. The van der Waals surface area contributed by atoms with E-state index in [1.165, 1.54) is 31.0 Å². The van der Waals surface area contributed by atoms with Crippen LogP contribution < -0.4 is 10.6 Å². The molecule has 0 spiro atoms. The minimum absolute atomic E-state index is 0.489. The molecule has 0 radical (unpaired) electrons. The smallest absolute Gasteiger partial charge is 0.190 e. The first-order valence-corrected chi connectivity index (χ1v) is 7.44. The fourth-order valence-corrected chi connectivity index (χ4v) is 2.52. The number of halogens is 1. The second kappa shape index (κ2) is 6.42. The first kappa shape index (κ1) is 12.9. The highest BCUT2D eigenvalue weighted by atomic mass is 35.5. The molecule has 17 heavy (non-hydrogen) atoms. The normalized spacial score (nSPS) is 20.2. The number of piperidine rings is 1. The van der Waals surface area contributed by atoms with Crippen molar-refractivity contribution in [2.45, 2.75) is 30.5 Å². The van der Waals surface area contributed by atoms with E-state index in [0.717, 1.165) is 18.9 Å². The average Bonchev–Trinajstić information content (AvgIpc) is 2.37. The zero-order valence-corrected chi connectivity index (χ0v) is 11.4. The van der Waals surface area contributed by atoms with Crippen molar-refractivity contribution in [2.24, 2.45) is 0 Å². The molecule has 1 fully saturated rings. The van der Waals surface area contributed by atoms with Crippen LogP contribution >= 0.6 is 23.4 Å². The molecule has 1 aromatic rings. The van der Waals surface area contributed by atoms with E-state index in [1.54, 1.807) is 6.07 Å². The number of hydrogen-bond donors (Lipinski definition) is 2. The van der Waals surface area contributed by atoms with Gasteiger partial charge in [-0.05, 0) is 25.6 Å². The van der Waals surface area contributed by atoms with Gasteiger partial charge in [0.05, 0.1) is 0 Å². The highest BCUT2D eigenvalue weighted by molar-refractivity contribution is 7.98. The van der Waals surface area contributed by atoms with E-state index in [-0.39, 0.29) is 0 Å². The van der Waals surface area contributed by atoms with Crippen molar-refractivity contribution in [2.75, 3.05) is 24.7 Å². The van der Waals surface area contributed by atoms with Gasteiger partial charge in [0.15, 0.2) is 5.16 Å². The molecule has 1 aliphatic rings. The van der Waals surface area contributed by atoms with Gasteiger partial charge in [-0.1, -0.05) is 29.8 Å². The second-order valence-corrected chi connectivity index (χ2v) is 5.25. The molecule has 1 aromatic heterocycles. The lowest BCUT2D eigenvalue weighted by Crippen LogP contribution is -2.39. The summed E-state index contributed by atoms with van der Waals surface area (Å²) < 4.78 is 0. The fourth-order valence-electron chi connectivity index (χ4n) is 1.90. The van der Waals surface area contributed by atoms with E-state index >= 15 is 0 Å². The SMILES string of the molecule is CSc1nc(Cl)cc(NC[C@H]2CCCCN2)n1. The molecule has 4 nitrogen and oxygen atoms in total. The van der Waals surface area contributed by atoms with Gasteiger partial charge >= 0.3 is 0 Å². The predicted molar refractivity (Wildman–Crippen MR) is 73.0 cm³/mol. The zero-order valence-electron chi connectivity index (χ0n) is 9.87. The topological polar surface area (TPSA) is 49.8 Å². The van der Waals surface area contributed by atoms with Crippen molar-refractivity contribution < 1.29 is 0 Å². The van der Waals surface area contributed by atoms with Gasteiger partial charge in [0, 0.05) is 18.7 Å². The first-order valence-electron chi connectivity index (χ1n) is 5.84. The molecule has 0 unspecified atom stereocenters. The predicted octanol–water partition coefficient (Wildman–Crippen LogP) is 2.41. The van der Waals surface area contributed by atoms with Gasteiger partial charge in [-0.2, -0.15) is 0 Å². The number of aromatic nitrogens is 2. The summed E-state index contributed by atoms with van der Waals surface area (Å²) in [6, 6.07) is 2.31. The molecule has 6 heteroatoms. The molecule has 1 atom stereocenters. The maximum Gasteiger partial charge on any atom is 0.190 e. The Labute approximate surface area is 111 Å². The van der Waals surface area contributed by atoms with Crippen LogP contribution in [0.4, 0.5) is 5.82 Å². The number of thioether (sulfide) groups is 1. The molecule has 94 valence electrons. The van der Waals surface area contributed by atoms with Gasteiger partial charge in [-0.25, -0.2) is 9.97 Å². The largest absolute Gasteiger partial charge is 0.368 e. The maximum absolute atomic E-state index is 5.93. The Bertz CT molecular complexity index is 368. The lowest BCUT2D eigenvalue weighted by atomic mass is 10.1. The zero-order chi connectivity index (χ0) is 12.1. The first-order chi connectivity index (χ1) is 8.28. The molecular formula is C11H17ClN4S. The van der Waals surface area contributed by atoms with E-state index < -0.39 is 0 Å². The quantitative estimate of drug-likeness (QED) is 0.501. The number of rotatable bonds is 4. The van der Waals surface area contributed by atoms with Gasteiger partial charge in [-0.15, -0.1) is 0 Å². The number of nitrogens with one attached hydrogen (secondary N) is 2. The van der Waals surface area contributed by atoms with Crippen LogP contribution in [0.2, 0.25) is 5.15 Å². The van der Waals surface area contributed by atoms with Crippen molar-refractivity contribution in [3.8, 4) is 0 Å². The number of anilines is 1. The summed E-state index contributed by atoms with van der Waals surface area (Å²) in [5.41, 5.74) is 0. The van der Waals surface area contributed by atoms with Crippen molar-refractivity contribution in [1.82, 2.24) is 15.3 Å². The fraction of sp³-hybridized carbons (Fsp3) is 0.636. The summed E-state index contributed by atoms with van der Waals surface area (Å²) >= 11 is 7.43. The van der Waals surface area contributed by atoms with E-state index in [4.69, 9.17) is 11.6 Å². The maximum atomic E-state index is 5.93. The monoisotopic (exact) mass is 272 g/mol. The highest BCUT2D eigenvalue weighted by Crippen LogP contribution is 2.17. The summed E-state index contributed by atoms with van der Waals surface area (Å²) in [5.74, 6) is 0.807. The Morgan fingerprint density at radius 3 is 3.12 bits per heavy atom. The highest BCUT2D eigenvalue weighted by Gasteiger charge is 2.12. The third-order valence-electron chi connectivity index (χ3n) is 2.80. The van der Waals surface area contributed by atoms with Crippen LogP contribution in [-0.4, -0.2) is 35.4 Å². The summed E-state index contributed by atoms with van der Waals surface area (Å²) in [7, 11) is 0. The minimum Gasteiger partial charge on any atom is -0.368 e. The third-order valence-corrected chi connectivity index (χ3v) is 3.54. The standard InChI is InChI=1S/C11H17ClN4S/c1-17-11-15-9(12)6-10(16-11)14-7-8-4-2-3-5-13-8/h6,8,13H,2-5,7H2,1H3,(H,14,15,16)/t8-/m1/s1. The average molecular weight is 273 g/mol. The summed E-state index contributed by atoms with van der Waals surface area (Å²) in [6.07, 6.45) is 5.76. The Morgan fingerprint density at radius 2 is 2.41 bits per heavy atom. The molecule has 0 amide bonds. The lowest BCUT2D eigenvalue weighted by Gasteiger charge is -2.23. The molecular weight excluding hydrogens is 256 g/mol. The molecule has 0 aliphatic carbocycles. The van der Waals surface area contributed by atoms with Gasteiger partial charge in [-0.3, -0.25) is 0 Å². The molecule has 1 saturated heterocycles. The summed E-state index contributed by atoms with van der Waals surface area (Å²) in [6.45, 7) is 2.01. The van der Waals surface area contributed by atoms with Gasteiger partial charge in [0.2, 0.25) is 0 Å². The number of hydrogen-bond acceptors (Lipinski definition) is 5. The van der Waals surface area contributed by atoms with Crippen molar-refractivity contribution >= 4 is 29.2 Å². The molecule has 0 saturated carbocycles. The molecule has 2 N–H and O–H groups in total. The van der Waals surface area contributed by atoms with E-state index in [2.05, 4.69) is 20.6 Å². The van der Waals surface area contributed by atoms with Crippen molar-refractivity contribution in [1.29, 1.82) is 0 Å². The molecule has 0 bridgehead atoms. The van der Waals surface area contributed by atoms with Gasteiger partial charge in [0.25, 0.3) is 0 Å². The van der Waals surface area contributed by atoms with Gasteiger partial charge in [0.1, 0.15) is 11.0 Å². The number of nitrogens with zero attached hydrogens (tertiary/aromatic N) is 2. The Kier molecular flexibility index (Phi) is 4.88. The van der Waals surface area contributed by atoms with E-state index in [1.807, 2.05) is 6.26 Å². The summed E-state index contributed by atoms with van der Waals surface area (Å²) in [5, 5.41) is 8.00. The molecule has 0 aromatic carbocycles. The van der Waals surface area contributed by atoms with Crippen LogP contribution in [-0.2, 0) is 0 Å². The lowest BCUT2D eigenvalue weighted by molar-refractivity contribution is 0.414.